The molecule has 0 aliphatic carbocycles. The zero-order valence-electron chi connectivity index (χ0n) is 16.5. The Balaban J connectivity index is 1.64. The van der Waals surface area contributed by atoms with Crippen molar-refractivity contribution >= 4 is 67.8 Å². The second-order valence-electron chi connectivity index (χ2n) is 8.42. The largest absolute Gasteiger partial charge is 0.495 e. The molecular formula is C20H22BI2NO4S. The molecule has 0 atom stereocenters. The predicted octanol–water partition coefficient (Wildman–Crippen LogP) is 3.68. The summed E-state index contributed by atoms with van der Waals surface area (Å²) in [7, 11) is -3.95. The smallest absolute Gasteiger partial charge is 0.407 e. The van der Waals surface area contributed by atoms with Crippen molar-refractivity contribution in [2.75, 3.05) is 13.2 Å². The van der Waals surface area contributed by atoms with Crippen molar-refractivity contribution in [2.24, 2.45) is 5.41 Å². The molecule has 2 heterocycles. The third-order valence-corrected chi connectivity index (χ3v) is 9.33. The van der Waals surface area contributed by atoms with Crippen LogP contribution in [0.5, 0.6) is 0 Å². The Hall–Kier alpha value is -0.205. The molecule has 9 heteroatoms. The summed E-state index contributed by atoms with van der Waals surface area (Å²) < 4.78 is 41.9. The minimum absolute atomic E-state index is 0.00470. The molecule has 0 N–H and O–H groups in total. The highest BCUT2D eigenvalue weighted by Crippen LogP contribution is 2.34. The number of halogens is 2. The summed E-state index contributed by atoms with van der Waals surface area (Å²) in [6.45, 7) is 8.21. The van der Waals surface area contributed by atoms with Gasteiger partial charge in [0.05, 0.1) is 4.90 Å². The van der Waals surface area contributed by atoms with Crippen LogP contribution in [0.25, 0.3) is 0 Å². The summed E-state index contributed by atoms with van der Waals surface area (Å²) in [6.07, 6.45) is 0. The highest BCUT2D eigenvalue weighted by atomic mass is 127. The van der Waals surface area contributed by atoms with Gasteiger partial charge >= 0.3 is 7.12 Å². The van der Waals surface area contributed by atoms with Crippen molar-refractivity contribution in [3.8, 4) is 0 Å². The molecule has 29 heavy (non-hydrogen) atoms. The highest BCUT2D eigenvalue weighted by molar-refractivity contribution is 14.1. The van der Waals surface area contributed by atoms with E-state index in [1.54, 1.807) is 16.4 Å². The van der Waals surface area contributed by atoms with Gasteiger partial charge in [0.1, 0.15) is 0 Å². The normalized spacial score (nSPS) is 19.4. The first-order valence-corrected chi connectivity index (χ1v) is 13.0. The number of rotatable bonds is 3. The van der Waals surface area contributed by atoms with Crippen LogP contribution in [0.2, 0.25) is 0 Å². The van der Waals surface area contributed by atoms with Crippen LogP contribution in [0.3, 0.4) is 0 Å². The Kier molecular flexibility index (Phi) is 6.11. The molecule has 2 aliphatic rings. The van der Waals surface area contributed by atoms with Gasteiger partial charge in [-0.3, -0.25) is 0 Å². The quantitative estimate of drug-likeness (QED) is 0.381. The molecule has 5 nitrogen and oxygen atoms in total. The van der Waals surface area contributed by atoms with Gasteiger partial charge < -0.3 is 9.31 Å². The lowest BCUT2D eigenvalue weighted by Gasteiger charge is -2.33. The van der Waals surface area contributed by atoms with E-state index in [0.29, 0.717) is 31.2 Å². The van der Waals surface area contributed by atoms with Crippen LogP contribution in [-0.2, 0) is 32.4 Å². The van der Waals surface area contributed by atoms with Crippen LogP contribution in [0.4, 0.5) is 0 Å². The fraction of sp³-hybridized carbons (Fsp3) is 0.400. The maximum absolute atomic E-state index is 13.2. The highest BCUT2D eigenvalue weighted by Gasteiger charge is 2.39. The zero-order valence-corrected chi connectivity index (χ0v) is 21.7. The monoisotopic (exact) mass is 637 g/mol. The lowest BCUT2D eigenvalue weighted by Crippen LogP contribution is -2.48. The summed E-state index contributed by atoms with van der Waals surface area (Å²) >= 11 is 4.60. The van der Waals surface area contributed by atoms with Crippen LogP contribution in [-0.4, -0.2) is 33.1 Å². The number of sulfonamides is 1. The summed E-state index contributed by atoms with van der Waals surface area (Å²) in [6, 6.07) is 9.11. The van der Waals surface area contributed by atoms with E-state index in [0.717, 1.165) is 29.3 Å². The lowest BCUT2D eigenvalue weighted by molar-refractivity contribution is 0.0342. The number of nitrogens with zero attached hydrogens (tertiary/aromatic N) is 1. The van der Waals surface area contributed by atoms with Crippen LogP contribution < -0.4 is 5.46 Å². The second kappa shape index (κ2) is 8.05. The Morgan fingerprint density at radius 1 is 1.03 bits per heavy atom. The maximum atomic E-state index is 13.2. The first-order chi connectivity index (χ1) is 13.6. The van der Waals surface area contributed by atoms with E-state index in [2.05, 4.69) is 65.1 Å². The van der Waals surface area contributed by atoms with Crippen molar-refractivity contribution in [1.82, 2.24) is 4.31 Å². The van der Waals surface area contributed by atoms with Gasteiger partial charge in [-0.25, -0.2) is 8.42 Å². The average Bonchev–Trinajstić information content (AvgIpc) is 3.13. The molecule has 0 bridgehead atoms. The number of hydrogen-bond acceptors (Lipinski definition) is 4. The van der Waals surface area contributed by atoms with Gasteiger partial charge in [0.25, 0.3) is 0 Å². The molecule has 4 rings (SSSR count). The number of fused-ring (bicyclic) bond motifs is 1. The third kappa shape index (κ3) is 4.27. The Morgan fingerprint density at radius 2 is 1.62 bits per heavy atom. The molecule has 2 aromatic rings. The molecule has 0 radical (unpaired) electrons. The third-order valence-electron chi connectivity index (χ3n) is 5.29. The van der Waals surface area contributed by atoms with Gasteiger partial charge in [-0.15, -0.1) is 0 Å². The molecule has 0 amide bonds. The first-order valence-electron chi connectivity index (χ1n) is 9.38. The Labute approximate surface area is 200 Å². The fourth-order valence-corrected chi connectivity index (χ4v) is 6.67. The van der Waals surface area contributed by atoms with Gasteiger partial charge in [-0.05, 0) is 86.9 Å². The van der Waals surface area contributed by atoms with Gasteiger partial charge in [0.2, 0.25) is 10.0 Å². The van der Waals surface area contributed by atoms with E-state index in [9.17, 15) is 8.42 Å². The van der Waals surface area contributed by atoms with Gasteiger partial charge in [0, 0.05) is 38.9 Å². The summed E-state index contributed by atoms with van der Waals surface area (Å²) in [5, 5.41) is 0. The van der Waals surface area contributed by atoms with E-state index in [1.807, 2.05) is 19.1 Å². The number of hydrogen-bond donors (Lipinski definition) is 0. The topological polar surface area (TPSA) is 55.8 Å². The summed E-state index contributed by atoms with van der Waals surface area (Å²) in [5.74, 6) is 0. The van der Waals surface area contributed by atoms with E-state index in [1.165, 1.54) is 0 Å². The predicted molar refractivity (Wildman–Crippen MR) is 131 cm³/mol. The standard InChI is InChI=1S/C20H22BI2NO4S/c1-13-4-6-14(7-5-13)29(25,26)24-9-15-16(10-24)19(23)17(8-18(15)22)21-27-11-20(2,3)12-28-21/h4-8H,9-12H2,1-3H3. The number of aryl methyl sites for hydroxylation is 1. The molecule has 2 aromatic carbocycles. The number of benzene rings is 2. The van der Waals surface area contributed by atoms with Crippen LogP contribution in [0, 0.1) is 19.5 Å². The van der Waals surface area contributed by atoms with E-state index in [-0.39, 0.29) is 5.41 Å². The van der Waals surface area contributed by atoms with Crippen molar-refractivity contribution in [1.29, 1.82) is 0 Å². The van der Waals surface area contributed by atoms with Crippen LogP contribution in [0.1, 0.15) is 30.5 Å². The lowest BCUT2D eigenvalue weighted by atomic mass is 9.75. The summed E-state index contributed by atoms with van der Waals surface area (Å²) in [5.41, 5.74) is 4.16. The minimum atomic E-state index is -3.55. The van der Waals surface area contributed by atoms with Gasteiger partial charge in [-0.1, -0.05) is 31.5 Å². The summed E-state index contributed by atoms with van der Waals surface area (Å²) in [4.78, 5) is 0.335. The maximum Gasteiger partial charge on any atom is 0.495 e. The van der Waals surface area contributed by atoms with Gasteiger partial charge in [0.15, 0.2) is 0 Å². The minimum Gasteiger partial charge on any atom is -0.407 e. The second-order valence-corrected chi connectivity index (χ2v) is 12.6. The molecule has 154 valence electrons. The first kappa shape index (κ1) is 22.0. The SMILES string of the molecule is Cc1ccc(S(=O)(=O)N2Cc3c(I)cc(B4OCC(C)(C)CO4)c(I)c3C2)cc1. The van der Waals surface area contributed by atoms with Crippen molar-refractivity contribution in [3.63, 3.8) is 0 Å². The molecule has 0 unspecified atom stereocenters. The molecule has 1 fully saturated rings. The molecule has 2 aliphatic heterocycles. The Bertz CT molecular complexity index is 1050. The van der Waals surface area contributed by atoms with Crippen LogP contribution in [0.15, 0.2) is 35.2 Å². The molecule has 0 saturated carbocycles. The zero-order chi connectivity index (χ0) is 21.0. The molecule has 0 aromatic heterocycles. The van der Waals surface area contributed by atoms with E-state index >= 15 is 0 Å². The van der Waals surface area contributed by atoms with Crippen LogP contribution >= 0.6 is 45.2 Å². The van der Waals surface area contributed by atoms with Crippen molar-refractivity contribution in [3.05, 3.63) is 54.2 Å². The molecule has 1 saturated heterocycles. The van der Waals surface area contributed by atoms with Gasteiger partial charge in [-0.2, -0.15) is 4.31 Å². The fourth-order valence-electron chi connectivity index (χ4n) is 3.55. The van der Waals surface area contributed by atoms with Crippen molar-refractivity contribution in [2.45, 2.75) is 38.8 Å². The molecular weight excluding hydrogens is 615 g/mol. The van der Waals surface area contributed by atoms with Crippen molar-refractivity contribution < 1.29 is 17.7 Å². The average molecular weight is 637 g/mol. The Morgan fingerprint density at radius 3 is 2.24 bits per heavy atom. The molecule has 0 spiro atoms. The van der Waals surface area contributed by atoms with E-state index < -0.39 is 17.1 Å². The van der Waals surface area contributed by atoms with E-state index in [4.69, 9.17) is 9.31 Å².